The number of ether oxygens (including phenoxy) is 2. The highest BCUT2D eigenvalue weighted by Crippen LogP contribution is 2.29. The molecule has 2 saturated heterocycles. The molecule has 1 atom stereocenters. The average molecular weight is 157 g/mol. The van der Waals surface area contributed by atoms with Gasteiger partial charge in [-0.15, -0.1) is 0 Å². The van der Waals surface area contributed by atoms with Crippen LogP contribution in [0.1, 0.15) is 19.8 Å². The molecule has 3 nitrogen and oxygen atoms in total. The lowest BCUT2D eigenvalue weighted by Crippen LogP contribution is -2.32. The minimum Gasteiger partial charge on any atom is -0.346 e. The Hall–Kier alpha value is -0.120. The molecule has 1 N–H and O–H groups in total. The number of hydrogen-bond acceptors (Lipinski definition) is 3. The van der Waals surface area contributed by atoms with Crippen molar-refractivity contribution in [3.63, 3.8) is 0 Å². The Labute approximate surface area is 67.1 Å². The largest absolute Gasteiger partial charge is 0.346 e. The fourth-order valence-corrected chi connectivity index (χ4v) is 1.83. The Balaban J connectivity index is 1.96. The Morgan fingerprint density at radius 2 is 2.18 bits per heavy atom. The summed E-state index contributed by atoms with van der Waals surface area (Å²) in [6.45, 7) is 4.58. The molecule has 1 unspecified atom stereocenters. The van der Waals surface area contributed by atoms with Crippen molar-refractivity contribution in [1.82, 2.24) is 5.32 Å². The molecule has 2 aliphatic heterocycles. The van der Waals surface area contributed by atoms with E-state index in [1.54, 1.807) is 0 Å². The first-order chi connectivity index (χ1) is 5.35. The highest BCUT2D eigenvalue weighted by atomic mass is 16.7. The molecule has 0 radical (unpaired) electrons. The van der Waals surface area contributed by atoms with Crippen molar-refractivity contribution >= 4 is 0 Å². The molecule has 64 valence electrons. The predicted octanol–water partition coefficient (Wildman–Crippen LogP) is 0.501. The van der Waals surface area contributed by atoms with Gasteiger partial charge in [-0.05, 0) is 6.42 Å². The molecular weight excluding hydrogens is 142 g/mol. The zero-order chi connectivity index (χ0) is 7.73. The van der Waals surface area contributed by atoms with E-state index in [4.69, 9.17) is 9.47 Å². The molecule has 2 rings (SSSR count). The van der Waals surface area contributed by atoms with Gasteiger partial charge in [0.05, 0.1) is 19.8 Å². The van der Waals surface area contributed by atoms with Crippen LogP contribution in [0.5, 0.6) is 0 Å². The van der Waals surface area contributed by atoms with Crippen molar-refractivity contribution in [1.29, 1.82) is 0 Å². The SMILES string of the molecule is CCC1CC2(CN1)OCCO2. The van der Waals surface area contributed by atoms with Crippen molar-refractivity contribution in [2.75, 3.05) is 19.8 Å². The summed E-state index contributed by atoms with van der Waals surface area (Å²) >= 11 is 0. The Bertz CT molecular complexity index is 143. The maximum Gasteiger partial charge on any atom is 0.182 e. The van der Waals surface area contributed by atoms with Crippen molar-refractivity contribution in [2.24, 2.45) is 0 Å². The van der Waals surface area contributed by atoms with Crippen LogP contribution in [0.25, 0.3) is 0 Å². The number of nitrogens with one attached hydrogen (secondary N) is 1. The van der Waals surface area contributed by atoms with E-state index < -0.39 is 0 Å². The van der Waals surface area contributed by atoms with E-state index in [1.807, 2.05) is 0 Å². The van der Waals surface area contributed by atoms with Crippen LogP contribution in [0, 0.1) is 0 Å². The minimum absolute atomic E-state index is 0.249. The standard InChI is InChI=1S/C8H15NO2/c1-2-7-5-8(6-9-7)10-3-4-11-8/h7,9H,2-6H2,1H3. The van der Waals surface area contributed by atoms with Crippen LogP contribution < -0.4 is 5.32 Å². The number of hydrogen-bond donors (Lipinski definition) is 1. The highest BCUT2D eigenvalue weighted by molar-refractivity contribution is 4.90. The van der Waals surface area contributed by atoms with Gasteiger partial charge in [-0.2, -0.15) is 0 Å². The molecule has 0 amide bonds. The van der Waals surface area contributed by atoms with Gasteiger partial charge in [-0.25, -0.2) is 0 Å². The second-order valence-electron chi connectivity index (χ2n) is 3.30. The third-order valence-electron chi connectivity index (χ3n) is 2.52. The van der Waals surface area contributed by atoms with Crippen LogP contribution in [0.2, 0.25) is 0 Å². The molecule has 2 fully saturated rings. The normalized spacial score (nSPS) is 35.2. The third-order valence-corrected chi connectivity index (χ3v) is 2.52. The molecule has 0 saturated carbocycles. The molecule has 0 bridgehead atoms. The van der Waals surface area contributed by atoms with E-state index in [0.29, 0.717) is 6.04 Å². The fraction of sp³-hybridized carbons (Fsp3) is 1.00. The van der Waals surface area contributed by atoms with Crippen molar-refractivity contribution < 1.29 is 9.47 Å². The minimum atomic E-state index is -0.249. The molecule has 11 heavy (non-hydrogen) atoms. The lowest BCUT2D eigenvalue weighted by Gasteiger charge is -2.19. The van der Waals surface area contributed by atoms with Gasteiger partial charge in [0, 0.05) is 12.5 Å². The average Bonchev–Trinajstić information content (AvgIpc) is 2.62. The van der Waals surface area contributed by atoms with Crippen LogP contribution in [0.4, 0.5) is 0 Å². The number of rotatable bonds is 1. The van der Waals surface area contributed by atoms with Gasteiger partial charge in [0.1, 0.15) is 0 Å². The quantitative estimate of drug-likeness (QED) is 0.601. The smallest absolute Gasteiger partial charge is 0.182 e. The second-order valence-corrected chi connectivity index (χ2v) is 3.30. The van der Waals surface area contributed by atoms with E-state index in [-0.39, 0.29) is 5.79 Å². The molecule has 3 heteroatoms. The molecule has 0 aromatic heterocycles. The van der Waals surface area contributed by atoms with Gasteiger partial charge < -0.3 is 14.8 Å². The highest BCUT2D eigenvalue weighted by Gasteiger charge is 2.43. The van der Waals surface area contributed by atoms with E-state index in [1.165, 1.54) is 0 Å². The first-order valence-electron chi connectivity index (χ1n) is 4.36. The second kappa shape index (κ2) is 2.73. The van der Waals surface area contributed by atoms with Crippen molar-refractivity contribution in [3.05, 3.63) is 0 Å². The summed E-state index contributed by atoms with van der Waals surface area (Å²) < 4.78 is 11.1. The van der Waals surface area contributed by atoms with Crippen molar-refractivity contribution in [3.8, 4) is 0 Å². The van der Waals surface area contributed by atoms with Gasteiger partial charge >= 0.3 is 0 Å². The van der Waals surface area contributed by atoms with E-state index >= 15 is 0 Å². The van der Waals surface area contributed by atoms with Crippen LogP contribution in [-0.4, -0.2) is 31.6 Å². The summed E-state index contributed by atoms with van der Waals surface area (Å²) in [5, 5.41) is 3.39. The Morgan fingerprint density at radius 3 is 2.73 bits per heavy atom. The molecule has 0 aliphatic carbocycles. The first-order valence-corrected chi connectivity index (χ1v) is 4.36. The monoisotopic (exact) mass is 157 g/mol. The van der Waals surface area contributed by atoms with E-state index in [9.17, 15) is 0 Å². The maximum atomic E-state index is 5.55. The molecule has 0 aromatic rings. The molecule has 1 spiro atoms. The van der Waals surface area contributed by atoms with E-state index in [0.717, 1.165) is 32.6 Å². The molecular formula is C8H15NO2. The summed E-state index contributed by atoms with van der Waals surface area (Å²) in [5.41, 5.74) is 0. The van der Waals surface area contributed by atoms with Crippen LogP contribution in [-0.2, 0) is 9.47 Å². The van der Waals surface area contributed by atoms with Gasteiger partial charge in [0.15, 0.2) is 5.79 Å². The third kappa shape index (κ3) is 1.28. The lowest BCUT2D eigenvalue weighted by molar-refractivity contribution is -0.140. The molecule has 2 aliphatic rings. The Kier molecular flexibility index (Phi) is 1.87. The van der Waals surface area contributed by atoms with E-state index in [2.05, 4.69) is 12.2 Å². The van der Waals surface area contributed by atoms with Gasteiger partial charge in [0.2, 0.25) is 0 Å². The van der Waals surface area contributed by atoms with Crippen LogP contribution >= 0.6 is 0 Å². The van der Waals surface area contributed by atoms with Crippen LogP contribution in [0.15, 0.2) is 0 Å². The van der Waals surface area contributed by atoms with Gasteiger partial charge in [0.25, 0.3) is 0 Å². The molecule has 0 aromatic carbocycles. The predicted molar refractivity (Wildman–Crippen MR) is 41.3 cm³/mol. The zero-order valence-electron chi connectivity index (χ0n) is 6.93. The fourth-order valence-electron chi connectivity index (χ4n) is 1.83. The van der Waals surface area contributed by atoms with Crippen molar-refractivity contribution in [2.45, 2.75) is 31.6 Å². The van der Waals surface area contributed by atoms with Crippen LogP contribution in [0.3, 0.4) is 0 Å². The maximum absolute atomic E-state index is 5.55. The summed E-state index contributed by atoms with van der Waals surface area (Å²) in [6.07, 6.45) is 2.18. The lowest BCUT2D eigenvalue weighted by atomic mass is 10.1. The topological polar surface area (TPSA) is 30.5 Å². The summed E-state index contributed by atoms with van der Waals surface area (Å²) in [7, 11) is 0. The summed E-state index contributed by atoms with van der Waals surface area (Å²) in [4.78, 5) is 0. The van der Waals surface area contributed by atoms with Gasteiger partial charge in [-0.3, -0.25) is 0 Å². The zero-order valence-corrected chi connectivity index (χ0v) is 6.93. The van der Waals surface area contributed by atoms with Gasteiger partial charge in [-0.1, -0.05) is 6.92 Å². The summed E-state index contributed by atoms with van der Waals surface area (Å²) in [6, 6.07) is 0.591. The Morgan fingerprint density at radius 1 is 1.45 bits per heavy atom. The first kappa shape index (κ1) is 7.53. The molecule has 2 heterocycles. The summed E-state index contributed by atoms with van der Waals surface area (Å²) in [5.74, 6) is -0.249.